The molecule has 0 heterocycles. The van der Waals surface area contributed by atoms with Crippen molar-refractivity contribution in [3.05, 3.63) is 22.2 Å². The van der Waals surface area contributed by atoms with E-state index >= 15 is 0 Å². The van der Waals surface area contributed by atoms with Crippen molar-refractivity contribution < 1.29 is 9.47 Å². The van der Waals surface area contributed by atoms with E-state index < -0.39 is 0 Å². The molecule has 4 heteroatoms. The van der Waals surface area contributed by atoms with Crippen molar-refractivity contribution in [2.75, 3.05) is 20.8 Å². The maximum absolute atomic E-state index is 6.38. The highest BCUT2D eigenvalue weighted by atomic mass is 35.5. The lowest BCUT2D eigenvalue weighted by Crippen LogP contribution is -2.04. The summed E-state index contributed by atoms with van der Waals surface area (Å²) in [4.78, 5) is 0. The normalized spacial score (nSPS) is 10.4. The predicted molar refractivity (Wildman–Crippen MR) is 71.3 cm³/mol. The highest BCUT2D eigenvalue weighted by Gasteiger charge is 2.17. The Kier molecular flexibility index (Phi) is 5.59. The molecule has 0 fully saturated rings. The van der Waals surface area contributed by atoms with Crippen LogP contribution in [0.1, 0.15) is 24.5 Å². The molecule has 96 valence electrons. The highest BCUT2D eigenvalue weighted by Crippen LogP contribution is 2.39. The van der Waals surface area contributed by atoms with Crippen molar-refractivity contribution in [3.63, 3.8) is 0 Å². The van der Waals surface area contributed by atoms with Crippen LogP contribution in [0.25, 0.3) is 0 Å². The van der Waals surface area contributed by atoms with Gasteiger partial charge >= 0.3 is 0 Å². The summed E-state index contributed by atoms with van der Waals surface area (Å²) < 4.78 is 10.7. The zero-order valence-electron chi connectivity index (χ0n) is 10.7. The Morgan fingerprint density at radius 1 is 1.29 bits per heavy atom. The lowest BCUT2D eigenvalue weighted by Gasteiger charge is -2.17. The van der Waals surface area contributed by atoms with Gasteiger partial charge in [0.15, 0.2) is 11.5 Å². The number of aryl methyl sites for hydroxylation is 1. The van der Waals surface area contributed by atoms with Gasteiger partial charge in [-0.25, -0.2) is 0 Å². The molecule has 0 aliphatic carbocycles. The molecule has 3 nitrogen and oxygen atoms in total. The molecule has 1 rings (SSSR count). The third-order valence-electron chi connectivity index (χ3n) is 2.79. The minimum absolute atomic E-state index is 0.637. The molecule has 0 unspecified atom stereocenters. The van der Waals surface area contributed by atoms with E-state index in [9.17, 15) is 0 Å². The molecule has 0 atom stereocenters. The summed E-state index contributed by atoms with van der Waals surface area (Å²) in [5.41, 5.74) is 7.62. The van der Waals surface area contributed by atoms with Crippen molar-refractivity contribution in [1.29, 1.82) is 0 Å². The molecule has 0 aliphatic rings. The predicted octanol–water partition coefficient (Wildman–Crippen LogP) is 2.81. The van der Waals surface area contributed by atoms with Crippen molar-refractivity contribution in [3.8, 4) is 11.5 Å². The van der Waals surface area contributed by atoms with E-state index in [1.54, 1.807) is 14.2 Å². The lowest BCUT2D eigenvalue weighted by molar-refractivity contribution is 0.351. The van der Waals surface area contributed by atoms with Gasteiger partial charge in [-0.15, -0.1) is 0 Å². The number of hydrogen-bond acceptors (Lipinski definition) is 3. The van der Waals surface area contributed by atoms with Crippen LogP contribution in [0, 0.1) is 0 Å². The van der Waals surface area contributed by atoms with Gasteiger partial charge in [-0.05, 0) is 37.4 Å². The van der Waals surface area contributed by atoms with E-state index in [4.69, 9.17) is 26.8 Å². The van der Waals surface area contributed by atoms with Crippen molar-refractivity contribution in [2.45, 2.75) is 26.2 Å². The first-order valence-corrected chi connectivity index (χ1v) is 6.19. The van der Waals surface area contributed by atoms with E-state index in [-0.39, 0.29) is 0 Å². The quantitative estimate of drug-likeness (QED) is 0.852. The maximum atomic E-state index is 6.38. The minimum Gasteiger partial charge on any atom is -0.493 e. The Hall–Kier alpha value is -0.930. The molecule has 0 saturated heterocycles. The molecule has 0 spiro atoms. The SMILES string of the molecule is CCc1cc(OC)c(OC)c(CCCN)c1Cl. The Morgan fingerprint density at radius 3 is 2.47 bits per heavy atom. The average Bonchev–Trinajstić information content (AvgIpc) is 2.36. The van der Waals surface area contributed by atoms with Crippen molar-refractivity contribution in [1.82, 2.24) is 0 Å². The zero-order chi connectivity index (χ0) is 12.8. The molecule has 0 amide bonds. The number of nitrogens with two attached hydrogens (primary N) is 1. The second-order valence-electron chi connectivity index (χ2n) is 3.81. The molecular formula is C13H20ClNO2. The van der Waals surface area contributed by atoms with Crippen LogP contribution < -0.4 is 15.2 Å². The Bertz CT molecular complexity index is 380. The first-order valence-electron chi connectivity index (χ1n) is 5.81. The average molecular weight is 258 g/mol. The Balaban J connectivity index is 3.28. The van der Waals surface area contributed by atoms with Crippen LogP contribution in [-0.4, -0.2) is 20.8 Å². The second-order valence-corrected chi connectivity index (χ2v) is 4.19. The van der Waals surface area contributed by atoms with Gasteiger partial charge < -0.3 is 15.2 Å². The van der Waals surface area contributed by atoms with Crippen LogP contribution >= 0.6 is 11.6 Å². The van der Waals surface area contributed by atoms with E-state index in [1.807, 2.05) is 6.07 Å². The third-order valence-corrected chi connectivity index (χ3v) is 3.26. The van der Waals surface area contributed by atoms with Crippen molar-refractivity contribution in [2.24, 2.45) is 5.73 Å². The fraction of sp³-hybridized carbons (Fsp3) is 0.538. The molecule has 0 aliphatic heterocycles. The zero-order valence-corrected chi connectivity index (χ0v) is 11.4. The van der Waals surface area contributed by atoms with E-state index in [1.165, 1.54) is 0 Å². The number of hydrogen-bond donors (Lipinski definition) is 1. The molecule has 1 aromatic carbocycles. The summed E-state index contributed by atoms with van der Waals surface area (Å²) in [6.45, 7) is 2.71. The van der Waals surface area contributed by atoms with Gasteiger partial charge in [0.25, 0.3) is 0 Å². The largest absolute Gasteiger partial charge is 0.493 e. The smallest absolute Gasteiger partial charge is 0.165 e. The number of halogens is 1. The van der Waals surface area contributed by atoms with Crippen LogP contribution in [0.3, 0.4) is 0 Å². The minimum atomic E-state index is 0.637. The van der Waals surface area contributed by atoms with Gasteiger partial charge in [0.1, 0.15) is 0 Å². The van der Waals surface area contributed by atoms with Crippen molar-refractivity contribution >= 4 is 11.6 Å². The molecule has 0 bridgehead atoms. The van der Waals surface area contributed by atoms with E-state index in [0.717, 1.165) is 46.9 Å². The number of rotatable bonds is 6. The van der Waals surface area contributed by atoms with Gasteiger partial charge in [0, 0.05) is 5.56 Å². The van der Waals surface area contributed by atoms with Gasteiger partial charge in [-0.1, -0.05) is 18.5 Å². The number of methoxy groups -OCH3 is 2. The highest BCUT2D eigenvalue weighted by molar-refractivity contribution is 6.32. The van der Waals surface area contributed by atoms with Gasteiger partial charge in [-0.2, -0.15) is 0 Å². The Labute approximate surface area is 108 Å². The van der Waals surface area contributed by atoms with Crippen LogP contribution in [0.4, 0.5) is 0 Å². The summed E-state index contributed by atoms with van der Waals surface area (Å²) in [5.74, 6) is 1.46. The monoisotopic (exact) mass is 257 g/mol. The fourth-order valence-electron chi connectivity index (χ4n) is 1.86. The van der Waals surface area contributed by atoms with Gasteiger partial charge in [0.05, 0.1) is 19.2 Å². The van der Waals surface area contributed by atoms with Gasteiger partial charge in [-0.3, -0.25) is 0 Å². The van der Waals surface area contributed by atoms with E-state index in [0.29, 0.717) is 6.54 Å². The first-order chi connectivity index (χ1) is 8.19. The standard InChI is InChI=1S/C13H20ClNO2/c1-4-9-8-11(16-2)13(17-3)10(12(9)14)6-5-7-15/h8H,4-7,15H2,1-3H3. The first kappa shape index (κ1) is 14.1. The lowest BCUT2D eigenvalue weighted by atomic mass is 10.0. The number of benzene rings is 1. The summed E-state index contributed by atoms with van der Waals surface area (Å²) in [6, 6.07) is 1.94. The summed E-state index contributed by atoms with van der Waals surface area (Å²) in [5, 5.41) is 0.776. The molecule has 0 saturated carbocycles. The Morgan fingerprint density at radius 2 is 2.00 bits per heavy atom. The second kappa shape index (κ2) is 6.72. The van der Waals surface area contributed by atoms with Crippen LogP contribution in [-0.2, 0) is 12.8 Å². The maximum Gasteiger partial charge on any atom is 0.165 e. The summed E-state index contributed by atoms with van der Waals surface area (Å²) in [7, 11) is 3.27. The van der Waals surface area contributed by atoms with E-state index in [2.05, 4.69) is 6.92 Å². The topological polar surface area (TPSA) is 44.5 Å². The van der Waals surface area contributed by atoms with Crippen LogP contribution in [0.2, 0.25) is 5.02 Å². The van der Waals surface area contributed by atoms with Gasteiger partial charge in [0.2, 0.25) is 0 Å². The third kappa shape index (κ3) is 3.05. The molecule has 0 radical (unpaired) electrons. The van der Waals surface area contributed by atoms with Crippen LogP contribution in [0.5, 0.6) is 11.5 Å². The number of ether oxygens (including phenoxy) is 2. The molecule has 17 heavy (non-hydrogen) atoms. The summed E-state index contributed by atoms with van der Waals surface area (Å²) >= 11 is 6.38. The van der Waals surface area contributed by atoms with Crippen LogP contribution in [0.15, 0.2) is 6.07 Å². The molecule has 0 aromatic heterocycles. The molecule has 2 N–H and O–H groups in total. The molecular weight excluding hydrogens is 238 g/mol. The summed E-state index contributed by atoms with van der Waals surface area (Å²) in [6.07, 6.45) is 2.56. The fourth-order valence-corrected chi connectivity index (χ4v) is 2.23. The molecule has 1 aromatic rings.